The number of hydrogen-bond donors (Lipinski definition) is 1. The highest BCUT2D eigenvalue weighted by Gasteiger charge is 2.27. The zero-order valence-electron chi connectivity index (χ0n) is 10.9. The molecule has 2 atom stereocenters. The number of rotatable bonds is 2. The van der Waals surface area contributed by atoms with E-state index in [1.165, 1.54) is 0 Å². The quantitative estimate of drug-likeness (QED) is 0.890. The molecule has 1 unspecified atom stereocenters. The average Bonchev–Trinajstić information content (AvgIpc) is 2.39. The topological polar surface area (TPSA) is 32.3 Å². The summed E-state index contributed by atoms with van der Waals surface area (Å²) in [6.07, 6.45) is 0. The maximum Gasteiger partial charge on any atom is 0.230 e. The second-order valence-electron chi connectivity index (χ2n) is 4.72. The average molecular weight is 269 g/mol. The fourth-order valence-corrected chi connectivity index (χ4v) is 2.30. The fraction of sp³-hybridized carbons (Fsp3) is 0.500. The van der Waals surface area contributed by atoms with Gasteiger partial charge in [0.05, 0.1) is 5.92 Å². The molecule has 0 aromatic heterocycles. The molecule has 1 aromatic rings. The van der Waals surface area contributed by atoms with E-state index in [9.17, 15) is 4.79 Å². The smallest absolute Gasteiger partial charge is 0.230 e. The van der Waals surface area contributed by atoms with Gasteiger partial charge >= 0.3 is 0 Å². The van der Waals surface area contributed by atoms with Gasteiger partial charge in [-0.3, -0.25) is 4.79 Å². The van der Waals surface area contributed by atoms with Gasteiger partial charge in [-0.05, 0) is 19.4 Å². The summed E-state index contributed by atoms with van der Waals surface area (Å²) in [5.41, 5.74) is 1.10. The van der Waals surface area contributed by atoms with Gasteiger partial charge < -0.3 is 10.2 Å². The van der Waals surface area contributed by atoms with Crippen molar-refractivity contribution in [1.82, 2.24) is 10.2 Å². The van der Waals surface area contributed by atoms with Crippen LogP contribution in [0.4, 0.5) is 0 Å². The van der Waals surface area contributed by atoms with Gasteiger partial charge in [0.15, 0.2) is 0 Å². The van der Waals surface area contributed by atoms with E-state index in [-0.39, 0.29) is 24.2 Å². The van der Waals surface area contributed by atoms with Crippen LogP contribution in [0, 0.1) is 0 Å². The Balaban J connectivity index is 0.00000162. The van der Waals surface area contributed by atoms with E-state index in [4.69, 9.17) is 0 Å². The molecule has 2 rings (SSSR count). The molecule has 0 saturated carbocycles. The van der Waals surface area contributed by atoms with Crippen molar-refractivity contribution >= 4 is 18.3 Å². The molecule has 4 heteroatoms. The number of hydrogen-bond acceptors (Lipinski definition) is 2. The van der Waals surface area contributed by atoms with Crippen LogP contribution in [-0.2, 0) is 4.79 Å². The summed E-state index contributed by atoms with van der Waals surface area (Å²) in [6, 6.07) is 10.3. The monoisotopic (exact) mass is 268 g/mol. The van der Waals surface area contributed by atoms with Crippen molar-refractivity contribution in [3.63, 3.8) is 0 Å². The molecule has 1 N–H and O–H groups in total. The maximum atomic E-state index is 12.4. The molecule has 1 aliphatic rings. The number of carbonyl (C=O) groups excluding carboxylic acids is 1. The van der Waals surface area contributed by atoms with Crippen LogP contribution in [0.2, 0.25) is 0 Å². The van der Waals surface area contributed by atoms with E-state index >= 15 is 0 Å². The van der Waals surface area contributed by atoms with Gasteiger partial charge in [-0.1, -0.05) is 30.3 Å². The molecule has 0 radical (unpaired) electrons. The van der Waals surface area contributed by atoms with Gasteiger partial charge in [-0.2, -0.15) is 0 Å². The lowest BCUT2D eigenvalue weighted by Crippen LogP contribution is -2.53. The van der Waals surface area contributed by atoms with Crippen LogP contribution in [0.5, 0.6) is 0 Å². The Kier molecular flexibility index (Phi) is 5.63. The largest absolute Gasteiger partial charge is 0.337 e. The molecule has 0 spiro atoms. The van der Waals surface area contributed by atoms with Gasteiger partial charge in [-0.25, -0.2) is 0 Å². The third-order valence-corrected chi connectivity index (χ3v) is 3.45. The molecule has 1 heterocycles. The Hall–Kier alpha value is -1.06. The summed E-state index contributed by atoms with van der Waals surface area (Å²) < 4.78 is 0. The van der Waals surface area contributed by atoms with E-state index in [1.54, 1.807) is 0 Å². The molecular weight excluding hydrogens is 248 g/mol. The summed E-state index contributed by atoms with van der Waals surface area (Å²) in [4.78, 5) is 14.4. The van der Waals surface area contributed by atoms with Gasteiger partial charge in [0.1, 0.15) is 0 Å². The Morgan fingerprint density at radius 3 is 2.67 bits per heavy atom. The predicted molar refractivity (Wildman–Crippen MR) is 76.1 cm³/mol. The van der Waals surface area contributed by atoms with Gasteiger partial charge in [0.25, 0.3) is 0 Å². The summed E-state index contributed by atoms with van der Waals surface area (Å²) in [6.45, 7) is 6.70. The predicted octanol–water partition coefficient (Wildman–Crippen LogP) is 2.03. The van der Waals surface area contributed by atoms with Crippen LogP contribution in [0.3, 0.4) is 0 Å². The lowest BCUT2D eigenvalue weighted by Gasteiger charge is -2.35. The first kappa shape index (κ1) is 15.0. The van der Waals surface area contributed by atoms with E-state index in [0.717, 1.165) is 25.2 Å². The molecule has 1 fully saturated rings. The van der Waals surface area contributed by atoms with E-state index < -0.39 is 0 Å². The zero-order valence-corrected chi connectivity index (χ0v) is 11.7. The van der Waals surface area contributed by atoms with Crippen LogP contribution >= 0.6 is 12.4 Å². The highest BCUT2D eigenvalue weighted by atomic mass is 35.5. The Labute approximate surface area is 115 Å². The Bertz CT molecular complexity index is 383. The van der Waals surface area contributed by atoms with Crippen molar-refractivity contribution in [2.24, 2.45) is 0 Å². The molecule has 0 bridgehead atoms. The third kappa shape index (κ3) is 3.24. The van der Waals surface area contributed by atoms with E-state index in [2.05, 4.69) is 12.2 Å². The number of nitrogens with zero attached hydrogens (tertiary/aromatic N) is 1. The Morgan fingerprint density at radius 2 is 2.06 bits per heavy atom. The number of amides is 1. The maximum absolute atomic E-state index is 12.4. The fourth-order valence-electron chi connectivity index (χ4n) is 2.30. The normalized spacial score (nSPS) is 21.0. The number of nitrogens with one attached hydrogen (secondary N) is 1. The molecule has 100 valence electrons. The number of benzene rings is 1. The lowest BCUT2D eigenvalue weighted by molar-refractivity contribution is -0.135. The molecule has 1 aliphatic heterocycles. The molecular formula is C14H21ClN2O. The summed E-state index contributed by atoms with van der Waals surface area (Å²) in [5.74, 6) is 0.196. The number of piperazine rings is 1. The molecule has 1 aromatic carbocycles. The minimum absolute atomic E-state index is 0. The second kappa shape index (κ2) is 6.76. The van der Waals surface area contributed by atoms with Crippen molar-refractivity contribution in [2.75, 3.05) is 19.6 Å². The molecule has 3 nitrogen and oxygen atoms in total. The van der Waals surface area contributed by atoms with Crippen LogP contribution in [0.1, 0.15) is 25.3 Å². The van der Waals surface area contributed by atoms with Gasteiger partial charge in [-0.15, -0.1) is 12.4 Å². The minimum Gasteiger partial charge on any atom is -0.337 e. The van der Waals surface area contributed by atoms with Crippen molar-refractivity contribution in [2.45, 2.75) is 25.8 Å². The Morgan fingerprint density at radius 1 is 1.39 bits per heavy atom. The van der Waals surface area contributed by atoms with E-state index in [1.807, 2.05) is 42.2 Å². The zero-order chi connectivity index (χ0) is 12.3. The molecule has 0 aliphatic carbocycles. The minimum atomic E-state index is -0.0447. The highest BCUT2D eigenvalue weighted by Crippen LogP contribution is 2.19. The SMILES string of the molecule is CC(C(=O)N1CCNC[C@@H]1C)c1ccccc1.Cl. The van der Waals surface area contributed by atoms with E-state index in [0.29, 0.717) is 6.04 Å². The molecule has 18 heavy (non-hydrogen) atoms. The van der Waals surface area contributed by atoms with Crippen LogP contribution in [0.25, 0.3) is 0 Å². The van der Waals surface area contributed by atoms with Crippen molar-refractivity contribution in [1.29, 1.82) is 0 Å². The van der Waals surface area contributed by atoms with Crippen LogP contribution < -0.4 is 5.32 Å². The first-order valence-electron chi connectivity index (χ1n) is 6.26. The standard InChI is InChI=1S/C14H20N2O.ClH/c1-11-10-15-8-9-16(11)14(17)12(2)13-6-4-3-5-7-13;/h3-7,11-12,15H,8-10H2,1-2H3;1H/t11-,12?;/m0./s1. The summed E-state index contributed by atoms with van der Waals surface area (Å²) in [7, 11) is 0. The highest BCUT2D eigenvalue weighted by molar-refractivity contribution is 5.85. The molecule has 1 saturated heterocycles. The lowest BCUT2D eigenvalue weighted by atomic mass is 9.98. The molecule has 1 amide bonds. The van der Waals surface area contributed by atoms with Crippen LogP contribution in [-0.4, -0.2) is 36.5 Å². The third-order valence-electron chi connectivity index (χ3n) is 3.45. The number of carbonyl (C=O) groups is 1. The first-order valence-corrected chi connectivity index (χ1v) is 6.26. The van der Waals surface area contributed by atoms with Gasteiger partial charge in [0.2, 0.25) is 5.91 Å². The summed E-state index contributed by atoms with van der Waals surface area (Å²) >= 11 is 0. The van der Waals surface area contributed by atoms with Crippen molar-refractivity contribution < 1.29 is 4.79 Å². The van der Waals surface area contributed by atoms with Gasteiger partial charge in [0, 0.05) is 25.7 Å². The summed E-state index contributed by atoms with van der Waals surface area (Å²) in [5, 5.41) is 3.30. The number of halogens is 1. The second-order valence-corrected chi connectivity index (χ2v) is 4.72. The first-order chi connectivity index (χ1) is 8.20. The van der Waals surface area contributed by atoms with Crippen molar-refractivity contribution in [3.8, 4) is 0 Å². The van der Waals surface area contributed by atoms with Crippen molar-refractivity contribution in [3.05, 3.63) is 35.9 Å². The van der Waals surface area contributed by atoms with Crippen LogP contribution in [0.15, 0.2) is 30.3 Å².